The monoisotopic (exact) mass is 329 g/mol. The van der Waals surface area contributed by atoms with Gasteiger partial charge in [0.25, 0.3) is 5.56 Å². The third-order valence-electron chi connectivity index (χ3n) is 3.72. The van der Waals surface area contributed by atoms with Crippen molar-refractivity contribution < 1.29 is 4.74 Å². The Balaban J connectivity index is 1.90. The van der Waals surface area contributed by atoms with E-state index in [9.17, 15) is 4.79 Å². The first-order chi connectivity index (χ1) is 11.1. The van der Waals surface area contributed by atoms with E-state index in [0.717, 1.165) is 22.6 Å². The van der Waals surface area contributed by atoms with Crippen LogP contribution in [0.2, 0.25) is 5.15 Å². The third kappa shape index (κ3) is 3.00. The lowest BCUT2D eigenvalue weighted by atomic mass is 10.1. The number of benzene rings is 2. The van der Waals surface area contributed by atoms with Gasteiger partial charge in [-0.3, -0.25) is 4.79 Å². The molecule has 0 spiro atoms. The van der Waals surface area contributed by atoms with Crippen LogP contribution in [0.4, 0.5) is 5.69 Å². The van der Waals surface area contributed by atoms with E-state index in [0.29, 0.717) is 17.3 Å². The molecule has 5 nitrogen and oxygen atoms in total. The van der Waals surface area contributed by atoms with Gasteiger partial charge in [0.2, 0.25) is 0 Å². The molecule has 0 atom stereocenters. The summed E-state index contributed by atoms with van der Waals surface area (Å²) < 4.78 is 5.45. The predicted molar refractivity (Wildman–Crippen MR) is 92.4 cm³/mol. The quantitative estimate of drug-likeness (QED) is 0.768. The van der Waals surface area contributed by atoms with E-state index in [1.165, 1.54) is 0 Å². The Morgan fingerprint density at radius 1 is 1.26 bits per heavy atom. The van der Waals surface area contributed by atoms with Crippen LogP contribution in [0.5, 0.6) is 5.75 Å². The second kappa shape index (κ2) is 6.30. The van der Waals surface area contributed by atoms with E-state index < -0.39 is 0 Å². The second-order valence-corrected chi connectivity index (χ2v) is 5.58. The summed E-state index contributed by atoms with van der Waals surface area (Å²) in [4.78, 5) is 11.7. The summed E-state index contributed by atoms with van der Waals surface area (Å²) in [6, 6.07) is 11.4. The molecule has 2 aromatic carbocycles. The lowest BCUT2D eigenvalue weighted by molar-refractivity contribution is 0.407. The van der Waals surface area contributed by atoms with Crippen LogP contribution < -0.4 is 15.6 Å². The molecule has 3 rings (SSSR count). The van der Waals surface area contributed by atoms with E-state index in [1.54, 1.807) is 13.2 Å². The summed E-state index contributed by atoms with van der Waals surface area (Å²) in [5.74, 6) is 0.872. The van der Waals surface area contributed by atoms with E-state index >= 15 is 0 Å². The van der Waals surface area contributed by atoms with Crippen LogP contribution in [0.15, 0.2) is 41.2 Å². The first-order valence-electron chi connectivity index (χ1n) is 7.14. The smallest absolute Gasteiger partial charge is 0.272 e. The normalized spacial score (nSPS) is 10.7. The van der Waals surface area contributed by atoms with Crippen molar-refractivity contribution >= 4 is 28.1 Å². The number of methoxy groups -OCH3 is 1. The minimum Gasteiger partial charge on any atom is -0.496 e. The number of aryl methyl sites for hydroxylation is 1. The predicted octanol–water partition coefficient (Wildman–Crippen LogP) is 3.51. The molecule has 3 aromatic rings. The van der Waals surface area contributed by atoms with Gasteiger partial charge in [-0.15, -0.1) is 0 Å². The number of halogens is 1. The molecule has 0 amide bonds. The molecule has 0 aliphatic rings. The number of nitrogens with zero attached hydrogens (tertiary/aromatic N) is 1. The molecule has 1 aromatic heterocycles. The Morgan fingerprint density at radius 3 is 2.87 bits per heavy atom. The van der Waals surface area contributed by atoms with Crippen LogP contribution in [0.25, 0.3) is 10.8 Å². The van der Waals surface area contributed by atoms with Crippen molar-refractivity contribution in [2.45, 2.75) is 13.5 Å². The van der Waals surface area contributed by atoms with E-state index in [-0.39, 0.29) is 10.7 Å². The average molecular weight is 330 g/mol. The first-order valence-corrected chi connectivity index (χ1v) is 7.52. The number of para-hydroxylation sites is 1. The zero-order valence-electron chi connectivity index (χ0n) is 12.8. The maximum Gasteiger partial charge on any atom is 0.272 e. The van der Waals surface area contributed by atoms with Crippen LogP contribution in [0, 0.1) is 6.92 Å². The molecule has 118 valence electrons. The molecule has 0 saturated heterocycles. The van der Waals surface area contributed by atoms with E-state index in [4.69, 9.17) is 16.3 Å². The summed E-state index contributed by atoms with van der Waals surface area (Å²) in [5.41, 5.74) is 2.75. The van der Waals surface area contributed by atoms with Gasteiger partial charge < -0.3 is 10.1 Å². The maximum atomic E-state index is 11.7. The second-order valence-electron chi connectivity index (χ2n) is 5.22. The number of nitrogens with one attached hydrogen (secondary N) is 2. The highest BCUT2D eigenvalue weighted by Crippen LogP contribution is 2.25. The lowest BCUT2D eigenvalue weighted by Gasteiger charge is -2.13. The molecule has 1 heterocycles. The van der Waals surface area contributed by atoms with Crippen LogP contribution in [0.1, 0.15) is 11.1 Å². The number of anilines is 1. The number of fused-ring (bicyclic) bond motifs is 1. The molecule has 0 radical (unpaired) electrons. The SMILES string of the molecule is COc1c(C)cccc1CNc1ccc2c(=O)[nH]nc(Cl)c2c1. The van der Waals surface area contributed by atoms with Crippen molar-refractivity contribution in [3.63, 3.8) is 0 Å². The minimum atomic E-state index is -0.253. The van der Waals surface area contributed by atoms with Crippen LogP contribution in [-0.2, 0) is 6.54 Å². The van der Waals surface area contributed by atoms with Crippen molar-refractivity contribution in [3.05, 3.63) is 63.0 Å². The van der Waals surface area contributed by atoms with Gasteiger partial charge in [0, 0.05) is 23.2 Å². The Morgan fingerprint density at radius 2 is 2.09 bits per heavy atom. The number of aromatic nitrogens is 2. The van der Waals surface area contributed by atoms with E-state index in [1.807, 2.05) is 37.3 Å². The maximum absolute atomic E-state index is 11.7. The summed E-state index contributed by atoms with van der Waals surface area (Å²) in [6.45, 7) is 2.61. The van der Waals surface area contributed by atoms with Crippen molar-refractivity contribution in [3.8, 4) is 5.75 Å². The average Bonchev–Trinajstić information content (AvgIpc) is 2.56. The number of hydrogen-bond acceptors (Lipinski definition) is 4. The van der Waals surface area contributed by atoms with Crippen LogP contribution >= 0.6 is 11.6 Å². The minimum absolute atomic E-state index is 0.253. The van der Waals surface area contributed by atoms with Crippen molar-refractivity contribution in [2.24, 2.45) is 0 Å². The fourth-order valence-electron chi connectivity index (χ4n) is 2.59. The zero-order valence-corrected chi connectivity index (χ0v) is 13.6. The molecular weight excluding hydrogens is 314 g/mol. The van der Waals surface area contributed by atoms with Crippen LogP contribution in [0.3, 0.4) is 0 Å². The summed E-state index contributed by atoms with van der Waals surface area (Å²) >= 11 is 6.06. The summed E-state index contributed by atoms with van der Waals surface area (Å²) in [7, 11) is 1.67. The molecule has 2 N–H and O–H groups in total. The fraction of sp³-hybridized carbons (Fsp3) is 0.176. The molecule has 0 bridgehead atoms. The van der Waals surface area contributed by atoms with Gasteiger partial charge in [0.15, 0.2) is 5.15 Å². The number of aromatic amines is 1. The number of hydrogen-bond donors (Lipinski definition) is 2. The topological polar surface area (TPSA) is 67.0 Å². The number of ether oxygens (including phenoxy) is 1. The number of H-pyrrole nitrogens is 1. The van der Waals surface area contributed by atoms with Gasteiger partial charge in [0.05, 0.1) is 12.5 Å². The Kier molecular flexibility index (Phi) is 4.21. The highest BCUT2D eigenvalue weighted by molar-refractivity contribution is 6.34. The Labute approximate surface area is 138 Å². The molecular formula is C17H16ClN3O2. The van der Waals surface area contributed by atoms with E-state index in [2.05, 4.69) is 15.5 Å². The van der Waals surface area contributed by atoms with Crippen molar-refractivity contribution in [1.29, 1.82) is 0 Å². The Bertz CT molecular complexity index is 921. The van der Waals surface area contributed by atoms with Gasteiger partial charge in [-0.25, -0.2) is 5.10 Å². The van der Waals surface area contributed by atoms with Crippen molar-refractivity contribution in [1.82, 2.24) is 10.2 Å². The fourth-order valence-corrected chi connectivity index (χ4v) is 2.78. The molecule has 6 heteroatoms. The van der Waals surface area contributed by atoms with Gasteiger partial charge >= 0.3 is 0 Å². The molecule has 23 heavy (non-hydrogen) atoms. The summed E-state index contributed by atoms with van der Waals surface area (Å²) in [5, 5.41) is 10.9. The molecule has 0 aliphatic carbocycles. The van der Waals surface area contributed by atoms with Gasteiger partial charge in [-0.05, 0) is 30.7 Å². The largest absolute Gasteiger partial charge is 0.496 e. The van der Waals surface area contributed by atoms with Crippen molar-refractivity contribution in [2.75, 3.05) is 12.4 Å². The third-order valence-corrected chi connectivity index (χ3v) is 4.01. The van der Waals surface area contributed by atoms with Gasteiger partial charge in [-0.2, -0.15) is 5.10 Å². The first kappa shape index (κ1) is 15.4. The molecule has 0 saturated carbocycles. The van der Waals surface area contributed by atoms with Gasteiger partial charge in [-0.1, -0.05) is 29.8 Å². The molecule has 0 unspecified atom stereocenters. The highest BCUT2D eigenvalue weighted by atomic mass is 35.5. The summed E-state index contributed by atoms with van der Waals surface area (Å²) in [6.07, 6.45) is 0. The van der Waals surface area contributed by atoms with Gasteiger partial charge in [0.1, 0.15) is 5.75 Å². The number of rotatable bonds is 4. The zero-order chi connectivity index (χ0) is 16.4. The highest BCUT2D eigenvalue weighted by Gasteiger charge is 2.08. The lowest BCUT2D eigenvalue weighted by Crippen LogP contribution is -2.09. The molecule has 0 fully saturated rings. The molecule has 0 aliphatic heterocycles. The van der Waals surface area contributed by atoms with Crippen LogP contribution in [-0.4, -0.2) is 17.3 Å². The Hall–Kier alpha value is -2.53. The standard InChI is InChI=1S/C17H16ClN3O2/c1-10-4-3-5-11(15(10)23-2)9-19-12-6-7-13-14(8-12)16(18)20-21-17(13)22/h3-8,19H,9H2,1-2H3,(H,21,22).